The zero-order chi connectivity index (χ0) is 12.1. The van der Waals surface area contributed by atoms with Gasteiger partial charge < -0.3 is 9.47 Å². The van der Waals surface area contributed by atoms with Gasteiger partial charge in [0.2, 0.25) is 0 Å². The average molecular weight is 222 g/mol. The summed E-state index contributed by atoms with van der Waals surface area (Å²) in [7, 11) is 4.13. The maximum atomic E-state index is 10.9. The Morgan fingerprint density at radius 2 is 2.12 bits per heavy atom. The fourth-order valence-corrected chi connectivity index (χ4v) is 2.08. The van der Waals surface area contributed by atoms with Crippen LogP contribution in [0.3, 0.4) is 0 Å². The number of rotatable bonds is 6. The lowest BCUT2D eigenvalue weighted by Crippen LogP contribution is -2.26. The molecule has 3 heteroatoms. The van der Waals surface area contributed by atoms with Crippen molar-refractivity contribution in [1.29, 1.82) is 0 Å². The molecule has 0 saturated heterocycles. The lowest BCUT2D eigenvalue weighted by atomic mass is 10.0. The molecule has 1 rings (SSSR count). The Labute approximate surface area is 98.1 Å². The van der Waals surface area contributed by atoms with Crippen molar-refractivity contribution in [3.8, 4) is 0 Å². The van der Waals surface area contributed by atoms with Crippen LogP contribution in [0.2, 0.25) is 0 Å². The molecule has 0 N–H and O–H groups in total. The van der Waals surface area contributed by atoms with Gasteiger partial charge in [-0.2, -0.15) is 0 Å². The molecule has 0 fully saturated rings. The van der Waals surface area contributed by atoms with Crippen LogP contribution in [0.1, 0.15) is 36.8 Å². The standard InChI is InChI=1S/C13H22N2O/c1-11(2)8-13(9-14(3)4)15-7-5-6-12(15)10-16/h5-7,10-11,13H,8-9H2,1-4H3. The summed E-state index contributed by atoms with van der Waals surface area (Å²) >= 11 is 0. The predicted octanol–water partition coefficient (Wildman–Crippen LogP) is 2.45. The number of nitrogens with zero attached hydrogens (tertiary/aromatic N) is 2. The van der Waals surface area contributed by atoms with Gasteiger partial charge in [0.05, 0.1) is 5.69 Å². The highest BCUT2D eigenvalue weighted by molar-refractivity contribution is 5.72. The summed E-state index contributed by atoms with van der Waals surface area (Å²) < 4.78 is 2.09. The van der Waals surface area contributed by atoms with Crippen molar-refractivity contribution in [2.24, 2.45) is 5.92 Å². The molecular formula is C13H22N2O. The van der Waals surface area contributed by atoms with Gasteiger partial charge in [0.15, 0.2) is 6.29 Å². The normalized spacial score (nSPS) is 13.4. The molecule has 0 amide bonds. The molecule has 0 aliphatic rings. The van der Waals surface area contributed by atoms with Gasteiger partial charge in [-0.25, -0.2) is 0 Å². The van der Waals surface area contributed by atoms with Crippen LogP contribution in [0.5, 0.6) is 0 Å². The molecule has 1 aromatic heterocycles. The number of hydrogen-bond acceptors (Lipinski definition) is 2. The van der Waals surface area contributed by atoms with Crippen LogP contribution >= 0.6 is 0 Å². The SMILES string of the molecule is CC(C)CC(CN(C)C)n1cccc1C=O. The zero-order valence-corrected chi connectivity index (χ0v) is 10.7. The topological polar surface area (TPSA) is 25.2 Å². The molecule has 16 heavy (non-hydrogen) atoms. The van der Waals surface area contributed by atoms with Crippen LogP contribution in [-0.4, -0.2) is 36.4 Å². The minimum absolute atomic E-state index is 0.380. The molecule has 90 valence electrons. The third kappa shape index (κ3) is 3.49. The van der Waals surface area contributed by atoms with Crippen LogP contribution < -0.4 is 0 Å². The Hall–Kier alpha value is -1.09. The van der Waals surface area contributed by atoms with E-state index in [9.17, 15) is 4.79 Å². The first-order chi connectivity index (χ1) is 7.54. The van der Waals surface area contributed by atoms with Crippen LogP contribution in [0, 0.1) is 5.92 Å². The van der Waals surface area contributed by atoms with E-state index in [0.717, 1.165) is 24.9 Å². The van der Waals surface area contributed by atoms with Crippen molar-refractivity contribution in [3.05, 3.63) is 24.0 Å². The second-order valence-corrected chi connectivity index (χ2v) is 5.00. The number of aldehydes is 1. The van der Waals surface area contributed by atoms with E-state index >= 15 is 0 Å². The van der Waals surface area contributed by atoms with E-state index in [1.54, 1.807) is 0 Å². The molecule has 0 spiro atoms. The highest BCUT2D eigenvalue weighted by Gasteiger charge is 2.15. The molecule has 1 atom stereocenters. The largest absolute Gasteiger partial charge is 0.341 e. The van der Waals surface area contributed by atoms with Gasteiger partial charge in [0.25, 0.3) is 0 Å². The Bertz CT molecular complexity index is 318. The molecule has 1 heterocycles. The number of carbonyl (C=O) groups excluding carboxylic acids is 1. The van der Waals surface area contributed by atoms with Crippen molar-refractivity contribution in [2.45, 2.75) is 26.3 Å². The van der Waals surface area contributed by atoms with E-state index < -0.39 is 0 Å². The smallest absolute Gasteiger partial charge is 0.166 e. The van der Waals surface area contributed by atoms with Gasteiger partial charge in [-0.15, -0.1) is 0 Å². The van der Waals surface area contributed by atoms with Crippen molar-refractivity contribution in [1.82, 2.24) is 9.47 Å². The Morgan fingerprint density at radius 3 is 2.62 bits per heavy atom. The first kappa shape index (κ1) is 13.0. The van der Waals surface area contributed by atoms with Gasteiger partial charge in [-0.05, 0) is 38.6 Å². The molecule has 0 bridgehead atoms. The maximum Gasteiger partial charge on any atom is 0.166 e. The quantitative estimate of drug-likeness (QED) is 0.691. The summed E-state index contributed by atoms with van der Waals surface area (Å²) in [5.74, 6) is 0.631. The summed E-state index contributed by atoms with van der Waals surface area (Å²) in [5.41, 5.74) is 0.771. The van der Waals surface area contributed by atoms with Crippen LogP contribution in [-0.2, 0) is 0 Å². The number of aromatic nitrogens is 1. The van der Waals surface area contributed by atoms with Crippen LogP contribution in [0.4, 0.5) is 0 Å². The zero-order valence-electron chi connectivity index (χ0n) is 10.7. The van der Waals surface area contributed by atoms with Gasteiger partial charge in [-0.3, -0.25) is 4.79 Å². The van der Waals surface area contributed by atoms with Crippen LogP contribution in [0.15, 0.2) is 18.3 Å². The molecule has 1 unspecified atom stereocenters. The summed E-state index contributed by atoms with van der Waals surface area (Å²) in [6.45, 7) is 5.40. The van der Waals surface area contributed by atoms with E-state index in [0.29, 0.717) is 12.0 Å². The highest BCUT2D eigenvalue weighted by atomic mass is 16.1. The van der Waals surface area contributed by atoms with E-state index in [1.807, 2.05) is 18.3 Å². The van der Waals surface area contributed by atoms with Gasteiger partial charge in [0.1, 0.15) is 0 Å². The van der Waals surface area contributed by atoms with Gasteiger partial charge in [-0.1, -0.05) is 13.8 Å². The Morgan fingerprint density at radius 1 is 1.44 bits per heavy atom. The van der Waals surface area contributed by atoms with Crippen molar-refractivity contribution >= 4 is 6.29 Å². The van der Waals surface area contributed by atoms with Crippen molar-refractivity contribution in [3.63, 3.8) is 0 Å². The van der Waals surface area contributed by atoms with Gasteiger partial charge in [0, 0.05) is 18.8 Å². The molecule has 0 aliphatic carbocycles. The molecule has 0 radical (unpaired) electrons. The van der Waals surface area contributed by atoms with Crippen molar-refractivity contribution < 1.29 is 4.79 Å². The summed E-state index contributed by atoms with van der Waals surface area (Å²) in [4.78, 5) is 13.1. The minimum Gasteiger partial charge on any atom is -0.341 e. The lowest BCUT2D eigenvalue weighted by molar-refractivity contribution is 0.111. The van der Waals surface area contributed by atoms with Crippen LogP contribution in [0.25, 0.3) is 0 Å². The first-order valence-electron chi connectivity index (χ1n) is 5.81. The van der Waals surface area contributed by atoms with Crippen molar-refractivity contribution in [2.75, 3.05) is 20.6 Å². The molecule has 3 nitrogen and oxygen atoms in total. The Kier molecular flexibility index (Phi) is 4.74. The van der Waals surface area contributed by atoms with E-state index in [-0.39, 0.29) is 0 Å². The monoisotopic (exact) mass is 222 g/mol. The molecule has 0 saturated carbocycles. The van der Waals surface area contributed by atoms with E-state index in [1.165, 1.54) is 0 Å². The van der Waals surface area contributed by atoms with E-state index in [4.69, 9.17) is 0 Å². The predicted molar refractivity (Wildman–Crippen MR) is 66.9 cm³/mol. The third-order valence-electron chi connectivity index (χ3n) is 2.65. The summed E-state index contributed by atoms with van der Waals surface area (Å²) in [5, 5.41) is 0. The number of carbonyl (C=O) groups is 1. The van der Waals surface area contributed by atoms with Gasteiger partial charge >= 0.3 is 0 Å². The van der Waals surface area contributed by atoms with E-state index in [2.05, 4.69) is 37.4 Å². The lowest BCUT2D eigenvalue weighted by Gasteiger charge is -2.25. The maximum absolute atomic E-state index is 10.9. The fourth-order valence-electron chi connectivity index (χ4n) is 2.08. The second kappa shape index (κ2) is 5.85. The number of likely N-dealkylation sites (N-methyl/N-ethyl adjacent to an activating group) is 1. The number of hydrogen-bond donors (Lipinski definition) is 0. The Balaban J connectivity index is 2.86. The molecular weight excluding hydrogens is 200 g/mol. The highest BCUT2D eigenvalue weighted by Crippen LogP contribution is 2.20. The first-order valence-corrected chi connectivity index (χ1v) is 5.81. The summed E-state index contributed by atoms with van der Waals surface area (Å²) in [6, 6.07) is 4.19. The molecule has 0 aromatic carbocycles. The molecule has 1 aromatic rings. The second-order valence-electron chi connectivity index (χ2n) is 5.00. The average Bonchev–Trinajstić information content (AvgIpc) is 2.62. The molecule has 0 aliphatic heterocycles. The fraction of sp³-hybridized carbons (Fsp3) is 0.615. The third-order valence-corrected chi connectivity index (χ3v) is 2.65. The minimum atomic E-state index is 0.380. The summed E-state index contributed by atoms with van der Waals surface area (Å²) in [6.07, 6.45) is 4.02.